The molecule has 41 heavy (non-hydrogen) atoms. The van der Waals surface area contributed by atoms with Crippen molar-refractivity contribution in [3.8, 4) is 0 Å². The summed E-state index contributed by atoms with van der Waals surface area (Å²) in [4.78, 5) is 15.6. The molecule has 2 amide bonds. The van der Waals surface area contributed by atoms with E-state index >= 15 is 0 Å². The lowest BCUT2D eigenvalue weighted by Crippen LogP contribution is -2.54. The molecule has 3 aromatic carbocycles. The van der Waals surface area contributed by atoms with Crippen LogP contribution in [0.5, 0.6) is 0 Å². The van der Waals surface area contributed by atoms with E-state index in [9.17, 15) is 9.90 Å². The summed E-state index contributed by atoms with van der Waals surface area (Å²) in [5, 5.41) is 19.7. The van der Waals surface area contributed by atoms with Crippen LogP contribution in [0.1, 0.15) is 92.5 Å². The summed E-state index contributed by atoms with van der Waals surface area (Å²) < 4.78 is 0. The van der Waals surface area contributed by atoms with Crippen molar-refractivity contribution in [3.63, 3.8) is 0 Å². The predicted octanol–water partition coefficient (Wildman–Crippen LogP) is 6.77. The molecule has 4 aliphatic rings. The largest absolute Gasteiger partial charge is 0.378 e. The van der Waals surface area contributed by atoms with E-state index in [1.165, 1.54) is 44.1 Å². The van der Waals surface area contributed by atoms with Crippen LogP contribution in [0.4, 0.5) is 4.79 Å². The fourth-order valence-electron chi connectivity index (χ4n) is 8.57. The Morgan fingerprint density at radius 2 is 1.54 bits per heavy atom. The minimum absolute atomic E-state index is 0.0242. The molecule has 1 aliphatic carbocycles. The van der Waals surface area contributed by atoms with Gasteiger partial charge in [0.25, 0.3) is 0 Å². The summed E-state index contributed by atoms with van der Waals surface area (Å²) in [7, 11) is 0. The molecule has 3 aromatic rings. The molecule has 0 spiro atoms. The monoisotopic (exact) mass is 549 g/mol. The summed E-state index contributed by atoms with van der Waals surface area (Å²) in [6.07, 6.45) is 11.1. The average molecular weight is 550 g/mol. The smallest absolute Gasteiger partial charge is 0.317 e. The minimum atomic E-state index is -1.25. The Morgan fingerprint density at radius 3 is 2.24 bits per heavy atom. The van der Waals surface area contributed by atoms with Crippen LogP contribution in [0.25, 0.3) is 0 Å². The molecule has 0 unspecified atom stereocenters. The highest BCUT2D eigenvalue weighted by Gasteiger charge is 2.49. The van der Waals surface area contributed by atoms with Crippen molar-refractivity contribution in [1.82, 2.24) is 15.5 Å². The van der Waals surface area contributed by atoms with Gasteiger partial charge in [-0.3, -0.25) is 0 Å². The van der Waals surface area contributed by atoms with Gasteiger partial charge in [-0.15, -0.1) is 0 Å². The van der Waals surface area contributed by atoms with Crippen molar-refractivity contribution in [2.24, 2.45) is 5.92 Å². The lowest BCUT2D eigenvalue weighted by molar-refractivity contribution is 0.00803. The third-order valence-corrected chi connectivity index (χ3v) is 10.7. The van der Waals surface area contributed by atoms with Crippen LogP contribution in [0.15, 0.2) is 84.9 Å². The highest BCUT2D eigenvalue weighted by Crippen LogP contribution is 2.52. The van der Waals surface area contributed by atoms with Gasteiger partial charge in [-0.2, -0.15) is 0 Å². The lowest BCUT2D eigenvalue weighted by Gasteiger charge is -2.41. The maximum atomic E-state index is 13.7. The number of aliphatic hydroxyl groups is 1. The molecule has 3 fully saturated rings. The zero-order valence-corrected chi connectivity index (χ0v) is 24.0. The Bertz CT molecular complexity index is 1310. The van der Waals surface area contributed by atoms with Gasteiger partial charge in [-0.1, -0.05) is 84.9 Å². The van der Waals surface area contributed by atoms with E-state index in [4.69, 9.17) is 0 Å². The molecule has 3 N–H and O–H groups in total. The number of rotatable bonds is 7. The average Bonchev–Trinajstić information content (AvgIpc) is 3.77. The van der Waals surface area contributed by atoms with Gasteiger partial charge in [-0.05, 0) is 92.4 Å². The number of carbonyl (C=O) groups is 1. The first kappa shape index (κ1) is 26.7. The van der Waals surface area contributed by atoms with E-state index in [1.54, 1.807) is 5.56 Å². The standard InChI is InChI=1S/C36H43N3O2/c40-34(39-25-9-16-33(39)36(41,27-10-3-1-4-11-27)28-12-5-2-6-13-28)37-29-19-17-26(18-20-29)21-23-35-24-22-32(38-35)30-14-7-8-15-31(30)35/h1-8,10-15,26,29,32-33,38,41H,9,16-25H2,(H,37,40)/t26-,29-,32-,33-,35+/m0/s1. The van der Waals surface area contributed by atoms with Crippen molar-refractivity contribution in [2.75, 3.05) is 6.54 Å². The molecule has 2 bridgehead atoms. The highest BCUT2D eigenvalue weighted by molar-refractivity contribution is 5.75. The minimum Gasteiger partial charge on any atom is -0.378 e. The molecule has 214 valence electrons. The van der Waals surface area contributed by atoms with Crippen LogP contribution >= 0.6 is 0 Å². The molecular formula is C36H43N3O2. The lowest BCUT2D eigenvalue weighted by atomic mass is 9.75. The third-order valence-electron chi connectivity index (χ3n) is 10.7. The van der Waals surface area contributed by atoms with Crippen LogP contribution in [-0.4, -0.2) is 34.7 Å². The van der Waals surface area contributed by atoms with Gasteiger partial charge in [-0.25, -0.2) is 4.79 Å². The number of likely N-dealkylation sites (tertiary alicyclic amines) is 1. The molecular weight excluding hydrogens is 506 g/mol. The molecule has 5 nitrogen and oxygen atoms in total. The van der Waals surface area contributed by atoms with Crippen molar-refractivity contribution >= 4 is 6.03 Å². The number of hydrogen-bond acceptors (Lipinski definition) is 3. The topological polar surface area (TPSA) is 64.6 Å². The second-order valence-corrected chi connectivity index (χ2v) is 13.0. The van der Waals surface area contributed by atoms with Gasteiger partial charge in [0.15, 0.2) is 0 Å². The molecule has 3 heterocycles. The Labute approximate surface area is 244 Å². The summed E-state index contributed by atoms with van der Waals surface area (Å²) in [6, 6.07) is 29.2. The number of fused-ring (bicyclic) bond motifs is 5. The molecule has 3 aliphatic heterocycles. The maximum absolute atomic E-state index is 13.7. The number of urea groups is 1. The first-order valence-electron chi connectivity index (χ1n) is 15.8. The van der Waals surface area contributed by atoms with Gasteiger partial charge >= 0.3 is 6.03 Å². The second-order valence-electron chi connectivity index (χ2n) is 13.0. The summed E-state index contributed by atoms with van der Waals surface area (Å²) in [5.41, 5.74) is 3.68. The molecule has 2 saturated heterocycles. The van der Waals surface area contributed by atoms with Crippen molar-refractivity contribution in [2.45, 2.75) is 93.5 Å². The maximum Gasteiger partial charge on any atom is 0.317 e. The molecule has 1 saturated carbocycles. The van der Waals surface area contributed by atoms with Crippen LogP contribution in [-0.2, 0) is 11.1 Å². The van der Waals surface area contributed by atoms with Gasteiger partial charge in [0.1, 0.15) is 5.60 Å². The number of amides is 2. The summed E-state index contributed by atoms with van der Waals surface area (Å²) >= 11 is 0. The Balaban J connectivity index is 0.979. The van der Waals surface area contributed by atoms with Crippen LogP contribution in [0, 0.1) is 5.92 Å². The second kappa shape index (κ2) is 10.9. The Hall–Kier alpha value is -3.15. The SMILES string of the molecule is O=C(N[C@H]1CC[C@H](CC[C@]23CC[C@H](N2)c2ccccc23)CC1)N1CCC[C@H]1C(O)(c1ccccc1)c1ccccc1. The van der Waals surface area contributed by atoms with E-state index in [0.717, 1.165) is 42.7 Å². The summed E-state index contributed by atoms with van der Waals surface area (Å²) in [5.74, 6) is 0.729. The molecule has 7 rings (SSSR count). The van der Waals surface area contributed by atoms with Crippen LogP contribution < -0.4 is 10.6 Å². The van der Waals surface area contributed by atoms with Crippen LogP contribution in [0.2, 0.25) is 0 Å². The fraction of sp³-hybridized carbons (Fsp3) is 0.472. The zero-order valence-electron chi connectivity index (χ0n) is 24.0. The van der Waals surface area contributed by atoms with Gasteiger partial charge in [0.2, 0.25) is 0 Å². The van der Waals surface area contributed by atoms with Crippen LogP contribution in [0.3, 0.4) is 0 Å². The normalized spacial score (nSPS) is 29.0. The predicted molar refractivity (Wildman–Crippen MR) is 162 cm³/mol. The Kier molecular flexibility index (Phi) is 7.12. The third kappa shape index (κ3) is 4.77. The quantitative estimate of drug-likeness (QED) is 0.305. The van der Waals surface area contributed by atoms with E-state index in [0.29, 0.717) is 12.6 Å². The van der Waals surface area contributed by atoms with Gasteiger partial charge < -0.3 is 20.6 Å². The number of hydrogen-bond donors (Lipinski definition) is 3. The molecule has 5 heteroatoms. The van der Waals surface area contributed by atoms with Crippen molar-refractivity contribution < 1.29 is 9.90 Å². The van der Waals surface area contributed by atoms with Gasteiger partial charge in [0, 0.05) is 24.2 Å². The van der Waals surface area contributed by atoms with E-state index in [-0.39, 0.29) is 23.7 Å². The van der Waals surface area contributed by atoms with Crippen molar-refractivity contribution in [1.29, 1.82) is 0 Å². The Morgan fingerprint density at radius 1 is 0.878 bits per heavy atom. The molecule has 0 aromatic heterocycles. The van der Waals surface area contributed by atoms with Crippen molar-refractivity contribution in [3.05, 3.63) is 107 Å². The van der Waals surface area contributed by atoms with E-state index in [2.05, 4.69) is 34.9 Å². The van der Waals surface area contributed by atoms with Gasteiger partial charge in [0.05, 0.1) is 6.04 Å². The summed E-state index contributed by atoms with van der Waals surface area (Å²) in [6.45, 7) is 0.672. The molecule has 3 atom stereocenters. The first-order valence-corrected chi connectivity index (χ1v) is 15.8. The molecule has 0 radical (unpaired) electrons. The fourth-order valence-corrected chi connectivity index (χ4v) is 8.57. The van der Waals surface area contributed by atoms with E-state index < -0.39 is 5.60 Å². The number of benzene rings is 3. The number of nitrogens with zero attached hydrogens (tertiary/aromatic N) is 1. The van der Waals surface area contributed by atoms with E-state index in [1.807, 2.05) is 65.6 Å². The first-order chi connectivity index (χ1) is 20.1. The number of nitrogens with one attached hydrogen (secondary N) is 2. The number of carbonyl (C=O) groups excluding carboxylic acids is 1. The highest BCUT2D eigenvalue weighted by atomic mass is 16.3. The zero-order chi connectivity index (χ0) is 27.9.